The predicted molar refractivity (Wildman–Crippen MR) is 45.7 cm³/mol. The molecule has 0 saturated carbocycles. The van der Waals surface area contributed by atoms with Gasteiger partial charge in [-0.05, 0) is 22.0 Å². The fraction of sp³-hybridized carbons (Fsp3) is 0. The average Bonchev–Trinajstić information content (AvgIpc) is 1.91. The molecule has 0 fully saturated rings. The highest BCUT2D eigenvalue weighted by Gasteiger charge is 2.04. The molecule has 2 N–H and O–H groups in total. The highest BCUT2D eigenvalue weighted by Crippen LogP contribution is 2.12. The van der Waals surface area contributed by atoms with Gasteiger partial charge in [0.2, 0.25) is 5.88 Å². The standard InChI is InChI=1S/C5H5BrN2O3S/c6-4-1-2-5(8-3-4)11-12(7,9)10/h1-3H,(H2,7,9,10). The molecule has 12 heavy (non-hydrogen) atoms. The van der Waals surface area contributed by atoms with Gasteiger partial charge < -0.3 is 4.18 Å². The number of pyridine rings is 1. The van der Waals surface area contributed by atoms with Crippen LogP contribution in [0.15, 0.2) is 22.8 Å². The largest absolute Gasteiger partial charge is 0.381 e. The van der Waals surface area contributed by atoms with Crippen molar-refractivity contribution in [2.45, 2.75) is 0 Å². The Kier molecular flexibility index (Phi) is 2.65. The summed E-state index contributed by atoms with van der Waals surface area (Å²) >= 11 is 3.13. The number of halogens is 1. The maximum absolute atomic E-state index is 10.4. The molecule has 66 valence electrons. The smallest absolute Gasteiger partial charge is 0.350 e. The Morgan fingerprint density at radius 3 is 2.58 bits per heavy atom. The van der Waals surface area contributed by atoms with E-state index in [1.807, 2.05) is 0 Å². The fourth-order valence-electron chi connectivity index (χ4n) is 0.531. The number of hydrogen-bond acceptors (Lipinski definition) is 4. The second kappa shape index (κ2) is 3.38. The molecule has 0 aliphatic carbocycles. The summed E-state index contributed by atoms with van der Waals surface area (Å²) in [6.45, 7) is 0. The monoisotopic (exact) mass is 252 g/mol. The Morgan fingerprint density at radius 2 is 2.17 bits per heavy atom. The van der Waals surface area contributed by atoms with Crippen LogP contribution in [0.5, 0.6) is 5.88 Å². The Labute approximate surface area is 77.9 Å². The van der Waals surface area contributed by atoms with E-state index in [1.165, 1.54) is 12.3 Å². The van der Waals surface area contributed by atoms with Gasteiger partial charge in [-0.2, -0.15) is 13.6 Å². The molecule has 0 spiro atoms. The highest BCUT2D eigenvalue weighted by molar-refractivity contribution is 9.10. The molecule has 1 aromatic heterocycles. The Bertz CT molecular complexity index is 361. The van der Waals surface area contributed by atoms with Crippen LogP contribution in [-0.2, 0) is 10.3 Å². The van der Waals surface area contributed by atoms with Gasteiger partial charge in [0.1, 0.15) is 0 Å². The third kappa shape index (κ3) is 3.16. The second-order valence-corrected chi connectivity index (χ2v) is 3.96. The third-order valence-electron chi connectivity index (χ3n) is 0.902. The van der Waals surface area contributed by atoms with Crippen LogP contribution < -0.4 is 9.32 Å². The van der Waals surface area contributed by atoms with Gasteiger partial charge in [-0.25, -0.2) is 4.98 Å². The van der Waals surface area contributed by atoms with Crippen LogP contribution in [0.1, 0.15) is 0 Å². The molecule has 0 amide bonds. The van der Waals surface area contributed by atoms with Gasteiger partial charge in [0.25, 0.3) is 0 Å². The van der Waals surface area contributed by atoms with Crippen molar-refractivity contribution in [1.29, 1.82) is 0 Å². The first-order chi connectivity index (χ1) is 5.47. The van der Waals surface area contributed by atoms with Gasteiger partial charge in [0.05, 0.1) is 0 Å². The molecular formula is C5H5BrN2O3S. The highest BCUT2D eigenvalue weighted by atomic mass is 79.9. The zero-order chi connectivity index (χ0) is 9.19. The van der Waals surface area contributed by atoms with Crippen LogP contribution in [0.2, 0.25) is 0 Å². The van der Waals surface area contributed by atoms with Crippen molar-refractivity contribution in [2.75, 3.05) is 0 Å². The SMILES string of the molecule is NS(=O)(=O)Oc1ccc(Br)cn1. The van der Waals surface area contributed by atoms with Gasteiger partial charge >= 0.3 is 10.3 Å². The first-order valence-electron chi connectivity index (χ1n) is 2.81. The lowest BCUT2D eigenvalue weighted by Crippen LogP contribution is -2.19. The van der Waals surface area contributed by atoms with Gasteiger partial charge in [-0.15, -0.1) is 0 Å². The molecule has 0 bridgehead atoms. The van der Waals surface area contributed by atoms with Gasteiger partial charge in [-0.3, -0.25) is 0 Å². The van der Waals surface area contributed by atoms with Crippen molar-refractivity contribution < 1.29 is 12.6 Å². The average molecular weight is 253 g/mol. The molecule has 1 rings (SSSR count). The van der Waals surface area contributed by atoms with Gasteiger partial charge in [0.15, 0.2) is 0 Å². The van der Waals surface area contributed by atoms with Crippen molar-refractivity contribution in [3.8, 4) is 5.88 Å². The lowest BCUT2D eigenvalue weighted by Gasteiger charge is -1.99. The van der Waals surface area contributed by atoms with Crippen molar-refractivity contribution >= 4 is 26.2 Å². The molecular weight excluding hydrogens is 248 g/mol. The number of aromatic nitrogens is 1. The maximum Gasteiger partial charge on any atom is 0.381 e. The lowest BCUT2D eigenvalue weighted by molar-refractivity contribution is 0.477. The number of hydrogen-bond donors (Lipinski definition) is 1. The van der Waals surface area contributed by atoms with E-state index in [4.69, 9.17) is 0 Å². The van der Waals surface area contributed by atoms with Crippen LogP contribution >= 0.6 is 15.9 Å². The predicted octanol–water partition coefficient (Wildman–Crippen LogP) is 0.426. The minimum atomic E-state index is -3.97. The third-order valence-corrected chi connectivity index (χ3v) is 1.77. The van der Waals surface area contributed by atoms with E-state index in [0.717, 1.165) is 4.47 Å². The molecule has 7 heteroatoms. The quantitative estimate of drug-likeness (QED) is 0.828. The summed E-state index contributed by atoms with van der Waals surface area (Å²) < 4.78 is 25.8. The van der Waals surface area contributed by atoms with E-state index >= 15 is 0 Å². The van der Waals surface area contributed by atoms with E-state index in [1.54, 1.807) is 6.07 Å². The summed E-state index contributed by atoms with van der Waals surface area (Å²) in [5, 5.41) is 4.60. The number of nitrogens with zero attached hydrogens (tertiary/aromatic N) is 1. The lowest BCUT2D eigenvalue weighted by atomic mass is 10.5. The summed E-state index contributed by atoms with van der Waals surface area (Å²) in [6, 6.07) is 2.97. The molecule has 1 aromatic rings. The summed E-state index contributed by atoms with van der Waals surface area (Å²) in [5.41, 5.74) is 0. The van der Waals surface area contributed by atoms with Crippen LogP contribution in [0.4, 0.5) is 0 Å². The van der Waals surface area contributed by atoms with Crippen molar-refractivity contribution in [3.63, 3.8) is 0 Å². The normalized spacial score (nSPS) is 11.2. The van der Waals surface area contributed by atoms with Crippen molar-refractivity contribution in [1.82, 2.24) is 4.98 Å². The minimum absolute atomic E-state index is 0.0549. The zero-order valence-electron chi connectivity index (χ0n) is 5.77. The molecule has 0 aliphatic rings. The van der Waals surface area contributed by atoms with E-state index in [2.05, 4.69) is 30.2 Å². The Hall–Kier alpha value is -0.660. The molecule has 0 unspecified atom stereocenters. The van der Waals surface area contributed by atoms with E-state index in [9.17, 15) is 8.42 Å². The fourth-order valence-corrected chi connectivity index (χ4v) is 1.10. The number of nitrogens with two attached hydrogens (primary N) is 1. The summed E-state index contributed by atoms with van der Waals surface area (Å²) in [5.74, 6) is -0.0549. The first kappa shape index (κ1) is 9.43. The molecule has 0 radical (unpaired) electrons. The maximum atomic E-state index is 10.4. The van der Waals surface area contributed by atoms with Crippen LogP contribution in [-0.4, -0.2) is 13.4 Å². The van der Waals surface area contributed by atoms with Gasteiger partial charge in [-0.1, -0.05) is 0 Å². The molecule has 0 atom stereocenters. The second-order valence-electron chi connectivity index (χ2n) is 1.89. The summed E-state index contributed by atoms with van der Waals surface area (Å²) in [6.07, 6.45) is 1.40. The summed E-state index contributed by atoms with van der Waals surface area (Å²) in [4.78, 5) is 3.64. The minimum Gasteiger partial charge on any atom is -0.350 e. The molecule has 0 saturated heterocycles. The van der Waals surface area contributed by atoms with Crippen LogP contribution in [0.3, 0.4) is 0 Å². The van der Waals surface area contributed by atoms with Crippen LogP contribution in [0.25, 0.3) is 0 Å². The first-order valence-corrected chi connectivity index (χ1v) is 5.07. The zero-order valence-corrected chi connectivity index (χ0v) is 8.17. The van der Waals surface area contributed by atoms with Gasteiger partial charge in [0, 0.05) is 16.7 Å². The topological polar surface area (TPSA) is 82.3 Å². The molecule has 0 aromatic carbocycles. The molecule has 5 nitrogen and oxygen atoms in total. The molecule has 0 aliphatic heterocycles. The van der Waals surface area contributed by atoms with Crippen molar-refractivity contribution in [3.05, 3.63) is 22.8 Å². The van der Waals surface area contributed by atoms with E-state index < -0.39 is 10.3 Å². The number of rotatable bonds is 2. The van der Waals surface area contributed by atoms with Crippen LogP contribution in [0, 0.1) is 0 Å². The molecule has 1 heterocycles. The van der Waals surface area contributed by atoms with E-state index in [0.29, 0.717) is 0 Å². The van der Waals surface area contributed by atoms with E-state index in [-0.39, 0.29) is 5.88 Å². The summed E-state index contributed by atoms with van der Waals surface area (Å²) in [7, 11) is -3.97. The Balaban J connectivity index is 2.85. The van der Waals surface area contributed by atoms with Crippen molar-refractivity contribution in [2.24, 2.45) is 5.14 Å². The Morgan fingerprint density at radius 1 is 1.50 bits per heavy atom.